The van der Waals surface area contributed by atoms with Crippen molar-refractivity contribution in [2.24, 2.45) is 0 Å². The van der Waals surface area contributed by atoms with Crippen molar-refractivity contribution < 1.29 is 0 Å². The molecule has 1 unspecified atom stereocenters. The molecule has 2 aliphatic rings. The van der Waals surface area contributed by atoms with E-state index >= 15 is 0 Å². The first-order valence-corrected chi connectivity index (χ1v) is 19.3. The molecule has 11 aromatic rings. The summed E-state index contributed by atoms with van der Waals surface area (Å²) < 4.78 is 2.24. The van der Waals surface area contributed by atoms with E-state index in [1.165, 1.54) is 88.0 Å². The zero-order valence-electron chi connectivity index (χ0n) is 30.2. The van der Waals surface area contributed by atoms with Gasteiger partial charge in [0.05, 0.1) is 16.4 Å². The van der Waals surface area contributed by atoms with Gasteiger partial charge in [-0.2, -0.15) is 0 Å². The molecule has 0 saturated heterocycles. The molecule has 3 heterocycles. The van der Waals surface area contributed by atoms with Crippen LogP contribution in [0.4, 0.5) is 0 Å². The highest BCUT2D eigenvalue weighted by atomic mass is 15.1. The molecular weight excluding hydrogens is 679 g/mol. The number of benzene rings is 8. The van der Waals surface area contributed by atoms with Gasteiger partial charge < -0.3 is 0 Å². The minimum atomic E-state index is -0.551. The van der Waals surface area contributed by atoms with Crippen LogP contribution in [0.5, 0.6) is 0 Å². The minimum absolute atomic E-state index is 0.551. The molecule has 0 amide bonds. The van der Waals surface area contributed by atoms with Gasteiger partial charge >= 0.3 is 0 Å². The van der Waals surface area contributed by atoms with E-state index in [2.05, 4.69) is 167 Å². The lowest BCUT2D eigenvalue weighted by atomic mass is 9.65. The Morgan fingerprint density at radius 1 is 0.446 bits per heavy atom. The van der Waals surface area contributed by atoms with Gasteiger partial charge in [-0.05, 0) is 130 Å². The third-order valence-corrected chi connectivity index (χ3v) is 12.7. The second-order valence-corrected chi connectivity index (χ2v) is 15.3. The highest BCUT2D eigenvalue weighted by Crippen LogP contribution is 2.61. The van der Waals surface area contributed by atoms with Crippen LogP contribution in [0.25, 0.3) is 94.3 Å². The highest BCUT2D eigenvalue weighted by Gasteiger charge is 2.49. The topological polar surface area (TPSA) is 30.7 Å². The second-order valence-electron chi connectivity index (χ2n) is 15.3. The zero-order valence-corrected chi connectivity index (χ0v) is 30.2. The number of hydrogen-bond acceptors (Lipinski definition) is 2. The average Bonchev–Trinajstić information content (AvgIpc) is 3.69. The maximum Gasteiger partial charge on any atom is 0.137 e. The van der Waals surface area contributed by atoms with Crippen molar-refractivity contribution in [3.63, 3.8) is 0 Å². The van der Waals surface area contributed by atoms with Crippen LogP contribution in [-0.4, -0.2) is 14.5 Å². The Morgan fingerprint density at radius 2 is 1.20 bits per heavy atom. The van der Waals surface area contributed by atoms with Gasteiger partial charge in [0.2, 0.25) is 0 Å². The first-order chi connectivity index (χ1) is 27.8. The van der Waals surface area contributed by atoms with Gasteiger partial charge in [-0.3, -0.25) is 9.55 Å². The first-order valence-electron chi connectivity index (χ1n) is 19.3. The molecule has 3 nitrogen and oxygen atoms in total. The van der Waals surface area contributed by atoms with Crippen LogP contribution in [0.15, 0.2) is 176 Å². The van der Waals surface area contributed by atoms with E-state index in [-0.39, 0.29) is 0 Å². The maximum absolute atomic E-state index is 4.74. The molecule has 1 spiro atoms. The maximum atomic E-state index is 4.74. The predicted octanol–water partition coefficient (Wildman–Crippen LogP) is 13.0. The normalized spacial score (nSPS) is 15.5. The van der Waals surface area contributed by atoms with Crippen LogP contribution in [0.1, 0.15) is 33.4 Å². The van der Waals surface area contributed by atoms with Crippen LogP contribution < -0.4 is 0 Å². The van der Waals surface area contributed by atoms with Crippen LogP contribution >= 0.6 is 0 Å². The Bertz CT molecular complexity index is 3470. The lowest BCUT2D eigenvalue weighted by Crippen LogP contribution is -2.30. The molecule has 0 saturated carbocycles. The monoisotopic (exact) mass is 709 g/mol. The van der Waals surface area contributed by atoms with Crippen LogP contribution in [-0.2, 0) is 5.41 Å². The summed E-state index contributed by atoms with van der Waals surface area (Å²) in [6, 6.07) is 58.9. The lowest BCUT2D eigenvalue weighted by molar-refractivity contribution is 0.768. The number of fused-ring (bicyclic) bond motifs is 13. The summed E-state index contributed by atoms with van der Waals surface area (Å²) in [4.78, 5) is 9.30. The summed E-state index contributed by atoms with van der Waals surface area (Å²) in [5, 5.41) is 10.2. The lowest BCUT2D eigenvalue weighted by Gasteiger charge is -2.36. The summed E-state index contributed by atoms with van der Waals surface area (Å²) in [5.74, 6) is 0.896. The van der Waals surface area contributed by atoms with E-state index in [1.807, 2.05) is 30.7 Å². The Morgan fingerprint density at radius 3 is 2.09 bits per heavy atom. The van der Waals surface area contributed by atoms with Crippen LogP contribution in [0.3, 0.4) is 0 Å². The largest absolute Gasteiger partial charge is 0.294 e. The molecule has 0 bridgehead atoms. The number of pyridine rings is 2. The number of hydrogen-bond donors (Lipinski definition) is 0. The van der Waals surface area contributed by atoms with E-state index in [4.69, 9.17) is 4.98 Å². The Kier molecular flexibility index (Phi) is 5.83. The fraction of sp³-hybridized carbons (Fsp3) is 0.0189. The first kappa shape index (κ1) is 30.0. The third kappa shape index (κ3) is 3.76. The summed E-state index contributed by atoms with van der Waals surface area (Å²) >= 11 is 0. The van der Waals surface area contributed by atoms with Crippen molar-refractivity contribution in [1.29, 1.82) is 0 Å². The number of aromatic nitrogens is 3. The predicted molar refractivity (Wildman–Crippen MR) is 232 cm³/mol. The molecule has 1 atom stereocenters. The highest BCUT2D eigenvalue weighted by molar-refractivity contribution is 6.27. The quantitative estimate of drug-likeness (QED) is 0.167. The molecule has 0 fully saturated rings. The van der Waals surface area contributed by atoms with E-state index in [0.717, 1.165) is 27.6 Å². The Labute approximate surface area is 322 Å². The SMILES string of the molecule is C1=Cc2ccc(-c3ccc4c(c3)c3cnccc3n4-c3ccccn3)cc2C2(c3ccccc31)c1ccccc1-c1c2cc2ccc3cccc4ccc1c2c34. The van der Waals surface area contributed by atoms with Crippen molar-refractivity contribution in [2.75, 3.05) is 0 Å². The van der Waals surface area contributed by atoms with Gasteiger partial charge in [0.25, 0.3) is 0 Å². The molecule has 0 aliphatic heterocycles. The van der Waals surface area contributed by atoms with E-state index in [0.29, 0.717) is 0 Å². The summed E-state index contributed by atoms with van der Waals surface area (Å²) in [5.41, 5.74) is 14.4. The third-order valence-electron chi connectivity index (χ3n) is 12.7. The van der Waals surface area contributed by atoms with Gasteiger partial charge in [-0.15, -0.1) is 0 Å². The number of rotatable bonds is 2. The molecule has 2 aliphatic carbocycles. The van der Waals surface area contributed by atoms with E-state index in [9.17, 15) is 0 Å². The molecule has 56 heavy (non-hydrogen) atoms. The summed E-state index contributed by atoms with van der Waals surface area (Å²) in [7, 11) is 0. The Balaban J connectivity index is 1.12. The van der Waals surface area contributed by atoms with Gasteiger partial charge in [-0.25, -0.2) is 4.98 Å². The Hall–Kier alpha value is -7.36. The molecule has 0 N–H and O–H groups in total. The van der Waals surface area contributed by atoms with Crippen molar-refractivity contribution >= 4 is 66.3 Å². The fourth-order valence-corrected chi connectivity index (χ4v) is 10.4. The summed E-state index contributed by atoms with van der Waals surface area (Å²) in [6.07, 6.45) is 10.4. The molecule has 13 rings (SSSR count). The van der Waals surface area contributed by atoms with Crippen molar-refractivity contribution in [3.8, 4) is 28.1 Å². The molecule has 0 radical (unpaired) electrons. The van der Waals surface area contributed by atoms with Crippen molar-refractivity contribution in [3.05, 3.63) is 210 Å². The average molecular weight is 710 g/mol. The molecule has 3 aromatic heterocycles. The second kappa shape index (κ2) is 10.9. The van der Waals surface area contributed by atoms with Crippen LogP contribution in [0, 0.1) is 0 Å². The van der Waals surface area contributed by atoms with Gasteiger partial charge in [0.1, 0.15) is 5.82 Å². The van der Waals surface area contributed by atoms with E-state index in [1.54, 1.807) is 0 Å². The zero-order chi connectivity index (χ0) is 36.5. The molecule has 8 aromatic carbocycles. The van der Waals surface area contributed by atoms with Crippen LogP contribution in [0.2, 0.25) is 0 Å². The standard InChI is InChI=1S/C53H31N3/c1-3-12-43-32(8-1)15-16-33-17-19-37(36-22-24-47-41(28-36)42-31-54-27-25-48(42)56(47)49-14-5-6-26-55-49)29-45(33)53(43)44-13-4-2-11-39(44)52-40-23-21-35-10-7-9-34-18-20-38(30-46(52)53)51(40)50(34)35/h1-31H. The molecular formula is C53H31N3. The van der Waals surface area contributed by atoms with Gasteiger partial charge in [0.15, 0.2) is 0 Å². The minimum Gasteiger partial charge on any atom is -0.294 e. The fourth-order valence-electron chi connectivity index (χ4n) is 10.4. The summed E-state index contributed by atoms with van der Waals surface area (Å²) in [6.45, 7) is 0. The van der Waals surface area contributed by atoms with Gasteiger partial charge in [-0.1, -0.05) is 127 Å². The van der Waals surface area contributed by atoms with Crippen molar-refractivity contribution in [2.45, 2.75) is 5.41 Å². The smallest absolute Gasteiger partial charge is 0.137 e. The van der Waals surface area contributed by atoms with Gasteiger partial charge in [0, 0.05) is 29.4 Å². The van der Waals surface area contributed by atoms with Crippen molar-refractivity contribution in [1.82, 2.24) is 14.5 Å². The van der Waals surface area contributed by atoms with E-state index < -0.39 is 5.41 Å². The molecule has 258 valence electrons. The molecule has 3 heteroatoms. The number of nitrogens with zero attached hydrogens (tertiary/aromatic N) is 3.